The summed E-state index contributed by atoms with van der Waals surface area (Å²) in [5.41, 5.74) is 0.567. The van der Waals surface area contributed by atoms with E-state index in [1.807, 2.05) is 0 Å². The zero-order valence-corrected chi connectivity index (χ0v) is 15.0. The molecular weight excluding hydrogens is 286 g/mol. The third-order valence-electron chi connectivity index (χ3n) is 3.52. The van der Waals surface area contributed by atoms with E-state index in [0.29, 0.717) is 5.57 Å². The molecule has 0 aromatic rings. The number of unbranched alkanes of at least 4 members (excludes halogenated alkanes) is 5. The zero-order valence-electron chi connectivity index (χ0n) is 14.0. The summed E-state index contributed by atoms with van der Waals surface area (Å²) in [5.74, 6) is -0.0463. The molecule has 5 nitrogen and oxygen atoms in total. The summed E-state index contributed by atoms with van der Waals surface area (Å²) in [6, 6.07) is 0.866. The third kappa shape index (κ3) is 9.03. The lowest BCUT2D eigenvalue weighted by molar-refractivity contribution is -0.117. The summed E-state index contributed by atoms with van der Waals surface area (Å²) in [6.07, 6.45) is 6.75. The molecule has 1 amide bonds. The smallest absolute Gasteiger partial charge is 0.377 e. The Morgan fingerprint density at radius 1 is 0.952 bits per heavy atom. The van der Waals surface area contributed by atoms with E-state index in [1.165, 1.54) is 12.8 Å². The Morgan fingerprint density at radius 2 is 1.43 bits per heavy atom. The van der Waals surface area contributed by atoms with Gasteiger partial charge in [-0.05, 0) is 19.8 Å². The molecule has 0 saturated heterocycles. The minimum absolute atomic E-state index is 0.0463. The number of carbonyl (C=O) groups is 1. The van der Waals surface area contributed by atoms with E-state index in [1.54, 1.807) is 28.3 Å². The second kappa shape index (κ2) is 11.9. The minimum atomic E-state index is -2.38. The summed E-state index contributed by atoms with van der Waals surface area (Å²) in [5, 5.41) is 2.84. The van der Waals surface area contributed by atoms with Gasteiger partial charge in [0.2, 0.25) is 5.91 Å². The highest BCUT2D eigenvalue weighted by atomic mass is 28.4. The van der Waals surface area contributed by atoms with Crippen LogP contribution in [-0.2, 0) is 18.1 Å². The van der Waals surface area contributed by atoms with Gasteiger partial charge in [0, 0.05) is 39.5 Å². The molecule has 1 N–H and O–H groups in total. The van der Waals surface area contributed by atoms with Crippen LogP contribution in [-0.4, -0.2) is 42.6 Å². The maximum atomic E-state index is 11.3. The van der Waals surface area contributed by atoms with Crippen LogP contribution in [0.3, 0.4) is 0 Å². The maximum Gasteiger partial charge on any atom is 0.500 e. The fourth-order valence-electron chi connectivity index (χ4n) is 2.08. The van der Waals surface area contributed by atoms with E-state index >= 15 is 0 Å². The number of carbonyl (C=O) groups excluding carboxylic acids is 1. The fraction of sp³-hybridized carbons (Fsp3) is 0.800. The Kier molecular flexibility index (Phi) is 11.5. The van der Waals surface area contributed by atoms with Crippen LogP contribution in [0.1, 0.15) is 45.4 Å². The van der Waals surface area contributed by atoms with Crippen molar-refractivity contribution in [3.63, 3.8) is 0 Å². The van der Waals surface area contributed by atoms with E-state index in [0.717, 1.165) is 38.3 Å². The lowest BCUT2D eigenvalue weighted by Gasteiger charge is -2.24. The van der Waals surface area contributed by atoms with Gasteiger partial charge in [-0.25, -0.2) is 0 Å². The quantitative estimate of drug-likeness (QED) is 0.322. The van der Waals surface area contributed by atoms with Gasteiger partial charge in [-0.2, -0.15) is 0 Å². The molecule has 0 spiro atoms. The highest BCUT2D eigenvalue weighted by Crippen LogP contribution is 2.18. The van der Waals surface area contributed by atoms with Crippen molar-refractivity contribution >= 4 is 14.7 Å². The number of nitrogens with one attached hydrogen (secondary N) is 1. The van der Waals surface area contributed by atoms with Crippen LogP contribution in [0.5, 0.6) is 0 Å². The Bertz CT molecular complexity index is 298. The van der Waals surface area contributed by atoms with Crippen molar-refractivity contribution in [1.82, 2.24) is 5.32 Å². The minimum Gasteiger partial charge on any atom is -0.377 e. The zero-order chi connectivity index (χ0) is 16.1. The van der Waals surface area contributed by atoms with Gasteiger partial charge in [0.1, 0.15) is 0 Å². The number of hydrogen-bond acceptors (Lipinski definition) is 4. The Labute approximate surface area is 130 Å². The maximum absolute atomic E-state index is 11.3. The van der Waals surface area contributed by atoms with E-state index in [2.05, 4.69) is 11.9 Å². The summed E-state index contributed by atoms with van der Waals surface area (Å²) in [7, 11) is 2.58. The lowest BCUT2D eigenvalue weighted by atomic mass is 10.1. The van der Waals surface area contributed by atoms with Gasteiger partial charge in [-0.15, -0.1) is 0 Å². The first-order chi connectivity index (χ1) is 10.0. The molecule has 0 heterocycles. The molecule has 0 radical (unpaired) electrons. The first-order valence-electron chi connectivity index (χ1n) is 7.60. The van der Waals surface area contributed by atoms with Gasteiger partial charge >= 0.3 is 8.80 Å². The fourth-order valence-corrected chi connectivity index (χ4v) is 3.88. The molecule has 0 saturated carbocycles. The van der Waals surface area contributed by atoms with Crippen molar-refractivity contribution in [1.29, 1.82) is 0 Å². The van der Waals surface area contributed by atoms with Crippen LogP contribution < -0.4 is 5.32 Å². The van der Waals surface area contributed by atoms with Crippen LogP contribution >= 0.6 is 0 Å². The highest BCUT2D eigenvalue weighted by Gasteiger charge is 2.36. The van der Waals surface area contributed by atoms with Gasteiger partial charge in [-0.3, -0.25) is 4.79 Å². The number of amides is 1. The van der Waals surface area contributed by atoms with Gasteiger partial charge in [-0.1, -0.05) is 32.3 Å². The average molecular weight is 318 g/mol. The molecule has 0 bridgehead atoms. The van der Waals surface area contributed by atoms with Crippen molar-refractivity contribution in [2.75, 3.05) is 27.9 Å². The molecule has 0 fully saturated rings. The molecule has 0 rings (SSSR count). The Balaban J connectivity index is 3.48. The van der Waals surface area contributed by atoms with Gasteiger partial charge in [0.05, 0.1) is 0 Å². The van der Waals surface area contributed by atoms with E-state index in [9.17, 15) is 4.79 Å². The van der Waals surface area contributed by atoms with Gasteiger partial charge in [0.15, 0.2) is 0 Å². The predicted molar refractivity (Wildman–Crippen MR) is 87.1 cm³/mol. The van der Waals surface area contributed by atoms with Gasteiger partial charge < -0.3 is 18.6 Å². The van der Waals surface area contributed by atoms with E-state index in [4.69, 9.17) is 13.3 Å². The SMILES string of the molecule is C=C(C)C(=O)NCCCCCCCC[Si](OC)(OC)OC. The molecule has 6 heteroatoms. The van der Waals surface area contributed by atoms with Crippen LogP contribution in [0.25, 0.3) is 0 Å². The van der Waals surface area contributed by atoms with Crippen molar-refractivity contribution in [3.05, 3.63) is 12.2 Å². The summed E-state index contributed by atoms with van der Waals surface area (Å²) < 4.78 is 16.2. The summed E-state index contributed by atoms with van der Waals surface area (Å²) in [6.45, 7) is 6.06. The second-order valence-electron chi connectivity index (χ2n) is 5.20. The molecule has 21 heavy (non-hydrogen) atoms. The van der Waals surface area contributed by atoms with Crippen LogP contribution in [0.15, 0.2) is 12.2 Å². The topological polar surface area (TPSA) is 56.8 Å². The van der Waals surface area contributed by atoms with Crippen molar-refractivity contribution in [2.24, 2.45) is 0 Å². The van der Waals surface area contributed by atoms with Crippen molar-refractivity contribution in [2.45, 2.75) is 51.5 Å². The predicted octanol–water partition coefficient (Wildman–Crippen LogP) is 2.90. The molecule has 0 aliphatic heterocycles. The molecule has 0 aliphatic carbocycles. The van der Waals surface area contributed by atoms with Crippen molar-refractivity contribution < 1.29 is 18.1 Å². The molecule has 0 aromatic heterocycles. The molecular formula is C15H31NO4Si. The first kappa shape index (κ1) is 20.3. The molecule has 124 valence electrons. The molecule has 0 aliphatic rings. The monoisotopic (exact) mass is 317 g/mol. The number of rotatable bonds is 13. The normalized spacial score (nSPS) is 11.4. The summed E-state index contributed by atoms with van der Waals surface area (Å²) >= 11 is 0. The van der Waals surface area contributed by atoms with Crippen LogP contribution in [0, 0.1) is 0 Å². The van der Waals surface area contributed by atoms with Crippen LogP contribution in [0.4, 0.5) is 0 Å². The molecule has 0 aromatic carbocycles. The Morgan fingerprint density at radius 3 is 1.90 bits per heavy atom. The van der Waals surface area contributed by atoms with Crippen molar-refractivity contribution in [3.8, 4) is 0 Å². The second-order valence-corrected chi connectivity index (χ2v) is 8.29. The third-order valence-corrected chi connectivity index (χ3v) is 6.35. The lowest BCUT2D eigenvalue weighted by Crippen LogP contribution is -2.42. The average Bonchev–Trinajstić information content (AvgIpc) is 2.49. The molecule has 0 unspecified atom stereocenters. The van der Waals surface area contributed by atoms with E-state index in [-0.39, 0.29) is 5.91 Å². The van der Waals surface area contributed by atoms with E-state index < -0.39 is 8.80 Å². The standard InChI is InChI=1S/C15H31NO4Si/c1-14(2)15(17)16-12-10-8-6-7-9-11-13-21(18-3,19-4)20-5/h1,6-13H2,2-5H3,(H,16,17). The van der Waals surface area contributed by atoms with Crippen LogP contribution in [0.2, 0.25) is 6.04 Å². The Hall–Kier alpha value is -0.693. The highest BCUT2D eigenvalue weighted by molar-refractivity contribution is 6.60. The first-order valence-corrected chi connectivity index (χ1v) is 9.53. The number of hydrogen-bond donors (Lipinski definition) is 1. The largest absolute Gasteiger partial charge is 0.500 e. The summed E-state index contributed by atoms with van der Waals surface area (Å²) in [4.78, 5) is 11.3. The van der Waals surface area contributed by atoms with Gasteiger partial charge in [0.25, 0.3) is 0 Å². The molecule has 0 atom stereocenters.